The molecule has 0 radical (unpaired) electrons. The zero-order chi connectivity index (χ0) is 15.1. The van der Waals surface area contributed by atoms with Crippen LogP contribution in [-0.2, 0) is 0 Å². The van der Waals surface area contributed by atoms with E-state index in [4.69, 9.17) is 0 Å². The van der Waals surface area contributed by atoms with Gasteiger partial charge in [0.2, 0.25) is 0 Å². The number of alkyl halides is 1. The van der Waals surface area contributed by atoms with Crippen molar-refractivity contribution in [3.8, 4) is 0 Å². The fourth-order valence-electron chi connectivity index (χ4n) is 2.54. The molecule has 108 valence electrons. The van der Waals surface area contributed by atoms with E-state index in [1.807, 2.05) is 12.1 Å². The average Bonchev–Trinajstić information content (AvgIpc) is 2.45. The Bertz CT molecular complexity index is 845. The fourth-order valence-corrected chi connectivity index (χ4v) is 4.59. The number of aliphatic hydroxyl groups is 1. The largest absolute Gasteiger partial charge is 0.388 e. The molecule has 0 saturated heterocycles. The van der Waals surface area contributed by atoms with Gasteiger partial charge in [0.15, 0.2) is 0 Å². The van der Waals surface area contributed by atoms with Gasteiger partial charge in [0.25, 0.3) is 0 Å². The lowest BCUT2D eigenvalue weighted by Crippen LogP contribution is -2.00. The normalized spacial score (nSPS) is 13.0. The molecule has 0 unspecified atom stereocenters. The van der Waals surface area contributed by atoms with E-state index in [-0.39, 0.29) is 0 Å². The van der Waals surface area contributed by atoms with Crippen LogP contribution in [0.1, 0.15) is 11.7 Å². The molecule has 1 atom stereocenters. The van der Waals surface area contributed by atoms with Crippen LogP contribution in [0.2, 0.25) is 0 Å². The number of hydrogen-bond acceptors (Lipinski definition) is 1. The minimum atomic E-state index is -0.534. The molecule has 1 N–H and O–H groups in total. The van der Waals surface area contributed by atoms with Crippen LogP contribution in [0.25, 0.3) is 21.5 Å². The van der Waals surface area contributed by atoms with Gasteiger partial charge in [0.1, 0.15) is 0 Å². The van der Waals surface area contributed by atoms with Crippen LogP contribution in [0.15, 0.2) is 49.8 Å². The highest BCUT2D eigenvalue weighted by molar-refractivity contribution is 9.11. The molecular weight excluding hydrogens is 528 g/mol. The van der Waals surface area contributed by atoms with Crippen LogP contribution in [-0.4, -0.2) is 10.4 Å². The highest BCUT2D eigenvalue weighted by Crippen LogP contribution is 2.38. The molecule has 0 bridgehead atoms. The van der Waals surface area contributed by atoms with Crippen LogP contribution in [0.4, 0.5) is 0 Å². The molecular formula is C16H10Br4O. The lowest BCUT2D eigenvalue weighted by atomic mass is 9.95. The summed E-state index contributed by atoms with van der Waals surface area (Å²) in [5, 5.41) is 15.3. The van der Waals surface area contributed by atoms with E-state index < -0.39 is 6.10 Å². The Morgan fingerprint density at radius 3 is 2.19 bits per heavy atom. The summed E-state index contributed by atoms with van der Waals surface area (Å²) in [4.78, 5) is 0. The first kappa shape index (κ1) is 15.9. The number of hydrogen-bond donors (Lipinski definition) is 1. The molecule has 0 spiro atoms. The van der Waals surface area contributed by atoms with Crippen molar-refractivity contribution in [2.24, 2.45) is 0 Å². The predicted octanol–water partition coefficient (Wildman–Crippen LogP) is 6.71. The monoisotopic (exact) mass is 534 g/mol. The van der Waals surface area contributed by atoms with Gasteiger partial charge in [-0.1, -0.05) is 69.8 Å². The van der Waals surface area contributed by atoms with Crippen molar-refractivity contribution >= 4 is 85.3 Å². The summed E-state index contributed by atoms with van der Waals surface area (Å²) in [5.74, 6) is 0. The van der Waals surface area contributed by atoms with Crippen LogP contribution < -0.4 is 0 Å². The molecule has 0 amide bonds. The molecule has 0 aromatic heterocycles. The number of aliphatic hydroxyl groups excluding tert-OH is 1. The molecule has 1 nitrogen and oxygen atoms in total. The van der Waals surface area contributed by atoms with Gasteiger partial charge >= 0.3 is 0 Å². The summed E-state index contributed by atoms with van der Waals surface area (Å²) < 4.78 is 3.06. The molecule has 0 fully saturated rings. The zero-order valence-electron chi connectivity index (χ0n) is 10.7. The Balaban J connectivity index is 2.53. The van der Waals surface area contributed by atoms with Crippen molar-refractivity contribution in [3.63, 3.8) is 0 Å². The summed E-state index contributed by atoms with van der Waals surface area (Å²) in [6.45, 7) is 0. The van der Waals surface area contributed by atoms with E-state index in [1.165, 1.54) is 0 Å². The maximum atomic E-state index is 10.3. The Kier molecular flexibility index (Phi) is 4.77. The second-order valence-electron chi connectivity index (χ2n) is 4.81. The maximum Gasteiger partial charge on any atom is 0.0893 e. The number of rotatable bonds is 2. The first-order valence-corrected chi connectivity index (χ1v) is 9.76. The van der Waals surface area contributed by atoms with E-state index in [0.717, 1.165) is 40.5 Å². The third-order valence-electron chi connectivity index (χ3n) is 3.48. The summed E-state index contributed by atoms with van der Waals surface area (Å²) in [6, 6.07) is 12.4. The number of benzene rings is 3. The number of fused-ring (bicyclic) bond motifs is 3. The van der Waals surface area contributed by atoms with Crippen molar-refractivity contribution < 1.29 is 5.11 Å². The summed E-state index contributed by atoms with van der Waals surface area (Å²) >= 11 is 14.1. The van der Waals surface area contributed by atoms with Crippen LogP contribution in [0.3, 0.4) is 0 Å². The molecule has 3 aromatic rings. The molecule has 0 saturated carbocycles. The molecule has 0 aliphatic rings. The van der Waals surface area contributed by atoms with Gasteiger partial charge < -0.3 is 5.11 Å². The van der Waals surface area contributed by atoms with Gasteiger partial charge in [-0.3, -0.25) is 0 Å². The third-order valence-corrected chi connectivity index (χ3v) is 5.70. The van der Waals surface area contributed by atoms with E-state index in [9.17, 15) is 5.11 Å². The van der Waals surface area contributed by atoms with Crippen LogP contribution >= 0.6 is 63.7 Å². The average molecular weight is 538 g/mol. The van der Waals surface area contributed by atoms with Crippen molar-refractivity contribution in [1.29, 1.82) is 0 Å². The summed E-state index contributed by atoms with van der Waals surface area (Å²) in [6.07, 6.45) is -0.534. The van der Waals surface area contributed by atoms with E-state index in [1.54, 1.807) is 0 Å². The number of halogens is 4. The van der Waals surface area contributed by atoms with Crippen molar-refractivity contribution in [3.05, 3.63) is 55.4 Å². The Morgan fingerprint density at radius 2 is 1.48 bits per heavy atom. The topological polar surface area (TPSA) is 20.2 Å². The smallest absolute Gasteiger partial charge is 0.0893 e. The second-order valence-corrected chi connectivity index (χ2v) is 8.14. The van der Waals surface area contributed by atoms with Gasteiger partial charge in [-0.25, -0.2) is 0 Å². The minimum Gasteiger partial charge on any atom is -0.388 e. The first-order valence-electron chi connectivity index (χ1n) is 6.26. The molecule has 0 aliphatic heterocycles. The molecule has 0 aliphatic carbocycles. The predicted molar refractivity (Wildman–Crippen MR) is 103 cm³/mol. The Hall–Kier alpha value is 0.0600. The highest BCUT2D eigenvalue weighted by atomic mass is 79.9. The van der Waals surface area contributed by atoms with Crippen molar-refractivity contribution in [1.82, 2.24) is 0 Å². The lowest BCUT2D eigenvalue weighted by molar-refractivity contribution is 0.207. The van der Waals surface area contributed by atoms with E-state index in [0.29, 0.717) is 5.33 Å². The van der Waals surface area contributed by atoms with Gasteiger partial charge in [-0.2, -0.15) is 0 Å². The molecule has 5 heteroatoms. The van der Waals surface area contributed by atoms with Gasteiger partial charge in [0.05, 0.1) is 6.10 Å². The SMILES string of the molecule is O[C@H](CBr)c1cc2c(Br)cc(Br)cc2c2cc(Br)ccc12. The maximum absolute atomic E-state index is 10.3. The van der Waals surface area contributed by atoms with Crippen LogP contribution in [0.5, 0.6) is 0 Å². The minimum absolute atomic E-state index is 0.512. The Labute approximate surface area is 156 Å². The molecule has 21 heavy (non-hydrogen) atoms. The Morgan fingerprint density at radius 1 is 0.810 bits per heavy atom. The standard InChI is InChI=1S/C16H10Br4O/c17-7-16(21)14-6-13-12(4-9(19)5-15(13)20)11-3-8(18)1-2-10(11)14/h1-6,16,21H,7H2/t16-/m1/s1. The first-order chi connectivity index (χ1) is 10.0. The van der Waals surface area contributed by atoms with Gasteiger partial charge in [0, 0.05) is 18.7 Å². The summed E-state index contributed by atoms with van der Waals surface area (Å²) in [7, 11) is 0. The molecule has 0 heterocycles. The highest BCUT2D eigenvalue weighted by Gasteiger charge is 2.15. The van der Waals surface area contributed by atoms with Gasteiger partial charge in [-0.15, -0.1) is 0 Å². The van der Waals surface area contributed by atoms with Crippen LogP contribution in [0, 0.1) is 0 Å². The molecule has 3 rings (SSSR count). The van der Waals surface area contributed by atoms with Crippen molar-refractivity contribution in [2.75, 3.05) is 5.33 Å². The third kappa shape index (κ3) is 2.95. The zero-order valence-corrected chi connectivity index (χ0v) is 17.1. The molecule has 3 aromatic carbocycles. The van der Waals surface area contributed by atoms with Gasteiger partial charge in [-0.05, 0) is 57.4 Å². The van der Waals surface area contributed by atoms with E-state index >= 15 is 0 Å². The second kappa shape index (κ2) is 6.28. The summed E-state index contributed by atoms with van der Waals surface area (Å²) in [5.41, 5.74) is 0.935. The van der Waals surface area contributed by atoms with E-state index in [2.05, 4.69) is 88.0 Å². The quantitative estimate of drug-likeness (QED) is 0.285. The fraction of sp³-hybridized carbons (Fsp3) is 0.125. The van der Waals surface area contributed by atoms with Crippen molar-refractivity contribution in [2.45, 2.75) is 6.10 Å². The lowest BCUT2D eigenvalue weighted by Gasteiger charge is -2.15.